The van der Waals surface area contributed by atoms with Crippen LogP contribution in [0.25, 0.3) is 0 Å². The molecule has 1 aromatic rings. The van der Waals surface area contributed by atoms with E-state index in [0.717, 1.165) is 10.6 Å². The van der Waals surface area contributed by atoms with E-state index in [2.05, 4.69) is 4.74 Å². The highest BCUT2D eigenvalue weighted by molar-refractivity contribution is 7.92. The second kappa shape index (κ2) is 5.83. The number of carbonyl (C=O) groups is 1. The van der Waals surface area contributed by atoms with Crippen LogP contribution in [0.3, 0.4) is 0 Å². The van der Waals surface area contributed by atoms with Gasteiger partial charge in [-0.15, -0.1) is 0 Å². The SMILES string of the molecule is COC(=O)c1ccccc1N(CCN)S(C)(=O)=O. The van der Waals surface area contributed by atoms with Gasteiger partial charge >= 0.3 is 5.97 Å². The largest absolute Gasteiger partial charge is 0.465 e. The Balaban J connectivity index is 3.33. The number of para-hydroxylation sites is 1. The van der Waals surface area contributed by atoms with Gasteiger partial charge in [0.25, 0.3) is 0 Å². The molecule has 0 unspecified atom stereocenters. The molecule has 0 atom stereocenters. The summed E-state index contributed by atoms with van der Waals surface area (Å²) in [5.74, 6) is -0.587. The molecule has 1 aromatic carbocycles. The summed E-state index contributed by atoms with van der Waals surface area (Å²) in [7, 11) is -2.26. The Kier molecular flexibility index (Phi) is 4.69. The van der Waals surface area contributed by atoms with Crippen molar-refractivity contribution in [3.8, 4) is 0 Å². The van der Waals surface area contributed by atoms with Crippen molar-refractivity contribution < 1.29 is 17.9 Å². The number of ether oxygens (including phenoxy) is 1. The fourth-order valence-corrected chi connectivity index (χ4v) is 2.51. The number of sulfonamides is 1. The number of nitrogens with two attached hydrogens (primary N) is 1. The van der Waals surface area contributed by atoms with Gasteiger partial charge in [0.15, 0.2) is 0 Å². The van der Waals surface area contributed by atoms with Gasteiger partial charge in [-0.1, -0.05) is 12.1 Å². The second-order valence-corrected chi connectivity index (χ2v) is 5.54. The molecule has 0 aromatic heterocycles. The Bertz CT molecular complexity index is 528. The maximum absolute atomic E-state index is 11.7. The number of carbonyl (C=O) groups excluding carboxylic acids is 1. The van der Waals surface area contributed by atoms with E-state index in [9.17, 15) is 13.2 Å². The molecule has 18 heavy (non-hydrogen) atoms. The van der Waals surface area contributed by atoms with Gasteiger partial charge in [-0.05, 0) is 12.1 Å². The monoisotopic (exact) mass is 272 g/mol. The third-order valence-corrected chi connectivity index (χ3v) is 3.49. The molecular weight excluding hydrogens is 256 g/mol. The summed E-state index contributed by atoms with van der Waals surface area (Å²) in [6.45, 7) is 0.259. The molecule has 0 aliphatic carbocycles. The van der Waals surface area contributed by atoms with E-state index in [1.54, 1.807) is 18.2 Å². The van der Waals surface area contributed by atoms with Crippen LogP contribution >= 0.6 is 0 Å². The Morgan fingerprint density at radius 2 is 2.00 bits per heavy atom. The average Bonchev–Trinajstić information content (AvgIpc) is 2.33. The molecular formula is C11H16N2O4S. The summed E-state index contributed by atoms with van der Waals surface area (Å²) < 4.78 is 29.1. The average molecular weight is 272 g/mol. The quantitative estimate of drug-likeness (QED) is 0.773. The number of anilines is 1. The van der Waals surface area contributed by atoms with Gasteiger partial charge in [0.05, 0.1) is 24.6 Å². The molecule has 0 spiro atoms. The van der Waals surface area contributed by atoms with Crippen LogP contribution in [0.15, 0.2) is 24.3 Å². The predicted octanol–water partition coefficient (Wildman–Crippen LogP) is 0.198. The topological polar surface area (TPSA) is 89.7 Å². The van der Waals surface area contributed by atoms with E-state index < -0.39 is 16.0 Å². The van der Waals surface area contributed by atoms with Crippen LogP contribution in [0.2, 0.25) is 0 Å². The van der Waals surface area contributed by atoms with E-state index in [1.807, 2.05) is 0 Å². The van der Waals surface area contributed by atoms with Crippen LogP contribution in [0.4, 0.5) is 5.69 Å². The lowest BCUT2D eigenvalue weighted by Gasteiger charge is -2.23. The lowest BCUT2D eigenvalue weighted by Crippen LogP contribution is -2.35. The molecule has 7 heteroatoms. The number of nitrogens with zero attached hydrogens (tertiary/aromatic N) is 1. The number of methoxy groups -OCH3 is 1. The minimum Gasteiger partial charge on any atom is -0.465 e. The number of esters is 1. The highest BCUT2D eigenvalue weighted by Gasteiger charge is 2.22. The van der Waals surface area contributed by atoms with Crippen molar-refractivity contribution in [2.45, 2.75) is 0 Å². The molecule has 2 N–H and O–H groups in total. The first-order valence-electron chi connectivity index (χ1n) is 5.27. The molecule has 100 valence electrons. The Morgan fingerprint density at radius 1 is 1.39 bits per heavy atom. The van der Waals surface area contributed by atoms with Crippen molar-refractivity contribution in [2.75, 3.05) is 30.8 Å². The van der Waals surface area contributed by atoms with Gasteiger partial charge in [0.1, 0.15) is 0 Å². The fraction of sp³-hybridized carbons (Fsp3) is 0.364. The molecule has 0 saturated carbocycles. The minimum atomic E-state index is -3.50. The first-order chi connectivity index (χ1) is 8.41. The summed E-state index contributed by atoms with van der Waals surface area (Å²) in [5.41, 5.74) is 5.87. The molecule has 0 bridgehead atoms. The third kappa shape index (κ3) is 3.21. The van der Waals surface area contributed by atoms with E-state index in [4.69, 9.17) is 5.73 Å². The molecule has 6 nitrogen and oxygen atoms in total. The number of hydrogen-bond donors (Lipinski definition) is 1. The molecule has 0 amide bonds. The molecule has 0 saturated heterocycles. The zero-order valence-electron chi connectivity index (χ0n) is 10.3. The van der Waals surface area contributed by atoms with Gasteiger partial charge in [0.2, 0.25) is 10.0 Å². The van der Waals surface area contributed by atoms with Crippen LogP contribution in [-0.2, 0) is 14.8 Å². The first-order valence-corrected chi connectivity index (χ1v) is 7.11. The maximum Gasteiger partial charge on any atom is 0.340 e. The zero-order valence-corrected chi connectivity index (χ0v) is 11.1. The lowest BCUT2D eigenvalue weighted by molar-refractivity contribution is 0.0601. The van der Waals surface area contributed by atoms with Crippen molar-refractivity contribution in [2.24, 2.45) is 5.73 Å². The third-order valence-electron chi connectivity index (χ3n) is 2.31. The van der Waals surface area contributed by atoms with Crippen molar-refractivity contribution in [1.29, 1.82) is 0 Å². The van der Waals surface area contributed by atoms with E-state index in [1.165, 1.54) is 13.2 Å². The lowest BCUT2D eigenvalue weighted by atomic mass is 10.2. The first kappa shape index (κ1) is 14.5. The Hall–Kier alpha value is -1.60. The Morgan fingerprint density at radius 3 is 2.50 bits per heavy atom. The van der Waals surface area contributed by atoms with Crippen molar-refractivity contribution in [1.82, 2.24) is 0 Å². The van der Waals surface area contributed by atoms with Crippen LogP contribution in [0.5, 0.6) is 0 Å². The van der Waals surface area contributed by atoms with Crippen molar-refractivity contribution in [3.63, 3.8) is 0 Å². The van der Waals surface area contributed by atoms with Gasteiger partial charge in [0, 0.05) is 13.1 Å². The number of hydrogen-bond acceptors (Lipinski definition) is 5. The van der Waals surface area contributed by atoms with E-state index in [0.29, 0.717) is 0 Å². The number of rotatable bonds is 5. The molecule has 0 fully saturated rings. The van der Waals surface area contributed by atoms with Gasteiger partial charge in [-0.3, -0.25) is 4.31 Å². The fourth-order valence-electron chi connectivity index (χ4n) is 1.56. The minimum absolute atomic E-state index is 0.104. The molecule has 1 rings (SSSR count). The Labute approximate surface area is 106 Å². The van der Waals surface area contributed by atoms with Crippen LogP contribution in [0.1, 0.15) is 10.4 Å². The summed E-state index contributed by atoms with van der Waals surface area (Å²) >= 11 is 0. The van der Waals surface area contributed by atoms with E-state index in [-0.39, 0.29) is 24.3 Å². The molecule has 0 aliphatic rings. The van der Waals surface area contributed by atoms with Crippen LogP contribution in [-0.4, -0.2) is 40.8 Å². The zero-order chi connectivity index (χ0) is 13.8. The van der Waals surface area contributed by atoms with Crippen molar-refractivity contribution in [3.05, 3.63) is 29.8 Å². The van der Waals surface area contributed by atoms with E-state index >= 15 is 0 Å². The maximum atomic E-state index is 11.7. The molecule has 0 radical (unpaired) electrons. The second-order valence-electron chi connectivity index (χ2n) is 3.63. The summed E-state index contributed by atoms with van der Waals surface area (Å²) in [5, 5.41) is 0. The van der Waals surface area contributed by atoms with Gasteiger partial charge < -0.3 is 10.5 Å². The van der Waals surface area contributed by atoms with Gasteiger partial charge in [-0.2, -0.15) is 0 Å². The van der Waals surface area contributed by atoms with Crippen LogP contribution in [0, 0.1) is 0 Å². The molecule has 0 aliphatic heterocycles. The van der Waals surface area contributed by atoms with Crippen LogP contribution < -0.4 is 10.0 Å². The number of benzene rings is 1. The summed E-state index contributed by atoms with van der Waals surface area (Å²) in [6.07, 6.45) is 1.07. The van der Waals surface area contributed by atoms with Crippen molar-refractivity contribution >= 4 is 21.7 Å². The highest BCUT2D eigenvalue weighted by atomic mass is 32.2. The molecule has 0 heterocycles. The summed E-state index contributed by atoms with van der Waals surface area (Å²) in [4.78, 5) is 11.6. The smallest absolute Gasteiger partial charge is 0.340 e. The van der Waals surface area contributed by atoms with Gasteiger partial charge in [-0.25, -0.2) is 13.2 Å². The highest BCUT2D eigenvalue weighted by Crippen LogP contribution is 2.23. The normalized spacial score (nSPS) is 11.1. The standard InChI is InChI=1S/C11H16N2O4S/c1-17-11(14)9-5-3-4-6-10(9)13(8-7-12)18(2,15)16/h3-6H,7-8,12H2,1-2H3. The predicted molar refractivity (Wildman–Crippen MR) is 69.0 cm³/mol. The summed E-state index contributed by atoms with van der Waals surface area (Å²) in [6, 6.07) is 6.34.